The highest BCUT2D eigenvalue weighted by molar-refractivity contribution is 5.24. The first kappa shape index (κ1) is 16.3. The van der Waals surface area contributed by atoms with E-state index >= 15 is 0 Å². The molecule has 1 aromatic heterocycles. The average molecular weight is 330 g/mol. The molecule has 3 fully saturated rings. The van der Waals surface area contributed by atoms with Crippen LogP contribution in [0.15, 0.2) is 18.3 Å². The van der Waals surface area contributed by atoms with Gasteiger partial charge in [0.1, 0.15) is 0 Å². The van der Waals surface area contributed by atoms with Gasteiger partial charge in [-0.3, -0.25) is 0 Å². The number of nitrogens with one attached hydrogen (secondary N) is 1. The van der Waals surface area contributed by atoms with Crippen molar-refractivity contribution in [2.45, 2.75) is 75.5 Å². The summed E-state index contributed by atoms with van der Waals surface area (Å²) in [6, 6.07) is 5.09. The number of fused-ring (bicyclic) bond motifs is 1. The molecule has 3 aliphatic carbocycles. The van der Waals surface area contributed by atoms with Crippen LogP contribution in [-0.4, -0.2) is 29.3 Å². The van der Waals surface area contributed by atoms with Crippen LogP contribution in [-0.2, 0) is 5.60 Å². The van der Waals surface area contributed by atoms with E-state index in [1.807, 2.05) is 12.1 Å². The summed E-state index contributed by atoms with van der Waals surface area (Å²) in [5.41, 5.74) is 0.209. The van der Waals surface area contributed by atoms with Crippen LogP contribution in [0.2, 0.25) is 0 Å². The third-order valence-electron chi connectivity index (χ3n) is 6.76. The van der Waals surface area contributed by atoms with Crippen LogP contribution >= 0.6 is 0 Å². The summed E-state index contributed by atoms with van der Waals surface area (Å²) >= 11 is 0. The second-order valence-corrected chi connectivity index (χ2v) is 8.18. The lowest BCUT2D eigenvalue weighted by atomic mass is 9.78. The van der Waals surface area contributed by atoms with Crippen LogP contribution in [0.3, 0.4) is 0 Å². The minimum Gasteiger partial charge on any atom is -0.481 e. The quantitative estimate of drug-likeness (QED) is 0.888. The van der Waals surface area contributed by atoms with Crippen molar-refractivity contribution < 1.29 is 9.84 Å². The van der Waals surface area contributed by atoms with Gasteiger partial charge in [0.25, 0.3) is 0 Å². The normalized spacial score (nSPS) is 38.9. The number of hydrogen-bond acceptors (Lipinski definition) is 4. The molecular weight excluding hydrogens is 300 g/mol. The molecule has 0 saturated heterocycles. The highest BCUT2D eigenvalue weighted by Gasteiger charge is 2.40. The molecule has 0 bridgehead atoms. The van der Waals surface area contributed by atoms with Gasteiger partial charge in [-0.2, -0.15) is 0 Å². The van der Waals surface area contributed by atoms with E-state index in [9.17, 15) is 5.11 Å². The first-order valence-electron chi connectivity index (χ1n) is 9.65. The maximum Gasteiger partial charge on any atom is 0.212 e. The van der Waals surface area contributed by atoms with E-state index in [0.29, 0.717) is 11.9 Å². The van der Waals surface area contributed by atoms with E-state index in [1.54, 1.807) is 13.3 Å². The summed E-state index contributed by atoms with van der Waals surface area (Å²) in [5.74, 6) is 2.59. The zero-order chi connectivity index (χ0) is 16.6. The van der Waals surface area contributed by atoms with Gasteiger partial charge >= 0.3 is 0 Å². The number of pyridine rings is 1. The first-order valence-corrected chi connectivity index (χ1v) is 9.65. The Labute approximate surface area is 145 Å². The maximum absolute atomic E-state index is 11.0. The summed E-state index contributed by atoms with van der Waals surface area (Å²) in [6.45, 7) is 0. The van der Waals surface area contributed by atoms with Crippen molar-refractivity contribution in [3.8, 4) is 5.88 Å². The molecule has 3 saturated carbocycles. The van der Waals surface area contributed by atoms with Crippen molar-refractivity contribution >= 4 is 0 Å². The van der Waals surface area contributed by atoms with E-state index in [0.717, 1.165) is 49.1 Å². The molecule has 4 rings (SSSR count). The molecule has 2 unspecified atom stereocenters. The predicted octanol–water partition coefficient (Wildman–Crippen LogP) is 3.39. The van der Waals surface area contributed by atoms with Crippen LogP contribution in [0, 0.1) is 11.8 Å². The lowest BCUT2D eigenvalue weighted by Gasteiger charge is -2.37. The molecule has 1 aromatic rings. The standard InChI is InChI=1S/C20H30N2O2/c1-24-19-6-5-16(13-21-19)20(23)9-7-17(8-10-20)22-18-11-14-3-2-4-15(14)12-18/h5-6,13-15,17-18,22-23H,2-4,7-12H2,1H3/t14-,15?,17?,18?,20?/m1/s1. The fourth-order valence-corrected chi connectivity index (χ4v) is 5.36. The van der Waals surface area contributed by atoms with Gasteiger partial charge in [0, 0.05) is 29.9 Å². The fourth-order valence-electron chi connectivity index (χ4n) is 5.36. The first-order chi connectivity index (χ1) is 11.7. The number of aliphatic hydroxyl groups is 1. The second-order valence-electron chi connectivity index (χ2n) is 8.18. The molecule has 3 aliphatic rings. The van der Waals surface area contributed by atoms with E-state index in [2.05, 4.69) is 10.3 Å². The van der Waals surface area contributed by atoms with E-state index in [1.165, 1.54) is 32.1 Å². The van der Waals surface area contributed by atoms with Crippen LogP contribution in [0.4, 0.5) is 0 Å². The number of ether oxygens (including phenoxy) is 1. The molecule has 0 radical (unpaired) electrons. The van der Waals surface area contributed by atoms with Crippen molar-refractivity contribution in [3.63, 3.8) is 0 Å². The SMILES string of the molecule is COc1ccc(C2(O)CCC(NC3CC4CCC[C@@H]4C3)CC2)cn1. The molecule has 24 heavy (non-hydrogen) atoms. The van der Waals surface area contributed by atoms with Crippen molar-refractivity contribution in [1.29, 1.82) is 0 Å². The van der Waals surface area contributed by atoms with Gasteiger partial charge in [-0.25, -0.2) is 4.98 Å². The van der Waals surface area contributed by atoms with E-state index in [-0.39, 0.29) is 0 Å². The molecule has 4 heteroatoms. The molecule has 4 nitrogen and oxygen atoms in total. The number of methoxy groups -OCH3 is 1. The van der Waals surface area contributed by atoms with Crippen LogP contribution < -0.4 is 10.1 Å². The Kier molecular flexibility index (Phi) is 4.52. The minimum atomic E-state index is -0.719. The molecule has 0 spiro atoms. The summed E-state index contributed by atoms with van der Waals surface area (Å²) in [4.78, 5) is 4.25. The van der Waals surface area contributed by atoms with Crippen LogP contribution in [0.25, 0.3) is 0 Å². The molecule has 0 aromatic carbocycles. The topological polar surface area (TPSA) is 54.4 Å². The number of rotatable bonds is 4. The minimum absolute atomic E-state index is 0.570. The molecule has 3 atom stereocenters. The third-order valence-corrected chi connectivity index (χ3v) is 6.76. The molecule has 0 amide bonds. The predicted molar refractivity (Wildman–Crippen MR) is 93.9 cm³/mol. The van der Waals surface area contributed by atoms with E-state index < -0.39 is 5.60 Å². The van der Waals surface area contributed by atoms with Crippen molar-refractivity contribution in [1.82, 2.24) is 10.3 Å². The van der Waals surface area contributed by atoms with Gasteiger partial charge in [-0.05, 0) is 56.4 Å². The lowest BCUT2D eigenvalue weighted by molar-refractivity contribution is -0.00973. The highest BCUT2D eigenvalue weighted by atomic mass is 16.5. The number of nitrogens with zero attached hydrogens (tertiary/aromatic N) is 1. The Hall–Kier alpha value is -1.13. The summed E-state index contributed by atoms with van der Waals surface area (Å²) in [7, 11) is 1.62. The summed E-state index contributed by atoms with van der Waals surface area (Å²) in [6.07, 6.45) is 12.6. The van der Waals surface area contributed by atoms with Crippen molar-refractivity contribution in [3.05, 3.63) is 23.9 Å². The number of hydrogen-bond donors (Lipinski definition) is 2. The molecular formula is C20H30N2O2. The zero-order valence-corrected chi connectivity index (χ0v) is 14.7. The zero-order valence-electron chi connectivity index (χ0n) is 14.7. The van der Waals surface area contributed by atoms with Gasteiger partial charge in [-0.1, -0.05) is 19.3 Å². The number of aromatic nitrogens is 1. The van der Waals surface area contributed by atoms with Crippen LogP contribution in [0.5, 0.6) is 5.88 Å². The highest BCUT2D eigenvalue weighted by Crippen LogP contribution is 2.44. The Morgan fingerprint density at radius 2 is 1.79 bits per heavy atom. The Balaban J connectivity index is 1.31. The Morgan fingerprint density at radius 3 is 2.38 bits per heavy atom. The Bertz CT molecular complexity index is 539. The monoisotopic (exact) mass is 330 g/mol. The van der Waals surface area contributed by atoms with Crippen molar-refractivity contribution in [2.75, 3.05) is 7.11 Å². The van der Waals surface area contributed by atoms with Gasteiger partial charge in [-0.15, -0.1) is 0 Å². The van der Waals surface area contributed by atoms with E-state index in [4.69, 9.17) is 4.74 Å². The smallest absolute Gasteiger partial charge is 0.212 e. The second kappa shape index (κ2) is 6.64. The van der Waals surface area contributed by atoms with Gasteiger partial charge in [0.05, 0.1) is 12.7 Å². The molecule has 132 valence electrons. The van der Waals surface area contributed by atoms with Gasteiger partial charge < -0.3 is 15.2 Å². The maximum atomic E-state index is 11.0. The summed E-state index contributed by atoms with van der Waals surface area (Å²) < 4.78 is 5.11. The van der Waals surface area contributed by atoms with Gasteiger partial charge in [0.15, 0.2) is 0 Å². The fraction of sp³-hybridized carbons (Fsp3) is 0.750. The Morgan fingerprint density at radius 1 is 1.08 bits per heavy atom. The molecule has 0 aliphatic heterocycles. The summed E-state index contributed by atoms with van der Waals surface area (Å²) in [5, 5.41) is 14.9. The molecule has 1 heterocycles. The largest absolute Gasteiger partial charge is 0.481 e. The van der Waals surface area contributed by atoms with Crippen LogP contribution in [0.1, 0.15) is 63.4 Å². The third kappa shape index (κ3) is 3.18. The average Bonchev–Trinajstić information content (AvgIpc) is 3.19. The van der Waals surface area contributed by atoms with Gasteiger partial charge in [0.2, 0.25) is 5.88 Å². The van der Waals surface area contributed by atoms with Crippen molar-refractivity contribution in [2.24, 2.45) is 11.8 Å². The lowest BCUT2D eigenvalue weighted by Crippen LogP contribution is -2.43. The molecule has 2 N–H and O–H groups in total.